The number of nitrogens with one attached hydrogen (secondary N) is 3. The van der Waals surface area contributed by atoms with E-state index < -0.39 is 5.82 Å². The number of hydrogen-bond donors (Lipinski definition) is 3. The third kappa shape index (κ3) is 4.81. The number of amides is 2. The molecule has 0 aliphatic carbocycles. The van der Waals surface area contributed by atoms with Gasteiger partial charge in [-0.05, 0) is 36.4 Å². The summed E-state index contributed by atoms with van der Waals surface area (Å²) in [5.74, 6) is -1.27. The van der Waals surface area contributed by atoms with E-state index in [2.05, 4.69) is 16.0 Å². The van der Waals surface area contributed by atoms with Crippen molar-refractivity contribution in [1.29, 1.82) is 5.26 Å². The Hall–Kier alpha value is -3.40. The highest BCUT2D eigenvalue weighted by Gasteiger charge is 2.07. The second-order valence-electron chi connectivity index (χ2n) is 4.97. The summed E-state index contributed by atoms with van der Waals surface area (Å²) >= 11 is 0. The molecule has 0 fully saturated rings. The highest BCUT2D eigenvalue weighted by molar-refractivity contribution is 5.94. The lowest BCUT2D eigenvalue weighted by molar-refractivity contribution is -0.115. The Balaban J connectivity index is 1.96. The van der Waals surface area contributed by atoms with Gasteiger partial charge in [0.1, 0.15) is 5.82 Å². The van der Waals surface area contributed by atoms with Crippen molar-refractivity contribution in [2.24, 2.45) is 0 Å². The molecular weight excluding hydrogens is 311 g/mol. The summed E-state index contributed by atoms with van der Waals surface area (Å²) in [4.78, 5) is 22.9. The van der Waals surface area contributed by atoms with Crippen LogP contribution in [0.2, 0.25) is 0 Å². The third-order valence-electron chi connectivity index (χ3n) is 3.01. The molecule has 6 nitrogen and oxygen atoms in total. The summed E-state index contributed by atoms with van der Waals surface area (Å²) in [5, 5.41) is 16.7. The van der Waals surface area contributed by atoms with Gasteiger partial charge >= 0.3 is 0 Å². The molecule has 0 atom stereocenters. The van der Waals surface area contributed by atoms with Crippen molar-refractivity contribution in [3.63, 3.8) is 0 Å². The highest BCUT2D eigenvalue weighted by atomic mass is 19.1. The van der Waals surface area contributed by atoms with E-state index in [1.165, 1.54) is 25.1 Å². The Morgan fingerprint density at radius 1 is 1.12 bits per heavy atom. The maximum Gasteiger partial charge on any atom is 0.243 e. The number of carbonyl (C=O) groups is 2. The second-order valence-corrected chi connectivity index (χ2v) is 4.97. The molecule has 0 saturated carbocycles. The Morgan fingerprint density at radius 2 is 1.92 bits per heavy atom. The zero-order valence-corrected chi connectivity index (χ0v) is 12.9. The SMILES string of the molecule is CC(=O)Nc1cc(NCC(=O)Nc2cccc(C#N)c2)ccc1F. The average Bonchev–Trinajstić information content (AvgIpc) is 2.55. The first-order valence-electron chi connectivity index (χ1n) is 7.09. The van der Waals surface area contributed by atoms with Crippen LogP contribution in [-0.2, 0) is 9.59 Å². The minimum Gasteiger partial charge on any atom is -0.376 e. The Morgan fingerprint density at radius 3 is 2.62 bits per heavy atom. The van der Waals surface area contributed by atoms with Crippen molar-refractivity contribution in [1.82, 2.24) is 0 Å². The molecule has 2 rings (SSSR count). The number of hydrogen-bond acceptors (Lipinski definition) is 4. The Bertz CT molecular complexity index is 814. The summed E-state index contributed by atoms with van der Waals surface area (Å²) in [6, 6.07) is 12.6. The fraction of sp³-hybridized carbons (Fsp3) is 0.118. The van der Waals surface area contributed by atoms with E-state index in [9.17, 15) is 14.0 Å². The van der Waals surface area contributed by atoms with Crippen molar-refractivity contribution in [3.8, 4) is 6.07 Å². The molecule has 2 aromatic rings. The average molecular weight is 326 g/mol. The minimum absolute atomic E-state index is 0.0367. The first kappa shape index (κ1) is 17.0. The van der Waals surface area contributed by atoms with Crippen LogP contribution < -0.4 is 16.0 Å². The maximum absolute atomic E-state index is 13.5. The summed E-state index contributed by atoms with van der Waals surface area (Å²) in [6.45, 7) is 1.23. The molecule has 0 aliphatic rings. The van der Waals surface area contributed by atoms with Crippen molar-refractivity contribution in [2.75, 3.05) is 22.5 Å². The van der Waals surface area contributed by atoms with Crippen LogP contribution in [0, 0.1) is 17.1 Å². The van der Waals surface area contributed by atoms with Crippen LogP contribution in [0.5, 0.6) is 0 Å². The number of anilines is 3. The molecule has 0 radical (unpaired) electrons. The number of rotatable bonds is 5. The largest absolute Gasteiger partial charge is 0.376 e. The lowest BCUT2D eigenvalue weighted by Gasteiger charge is -2.10. The van der Waals surface area contributed by atoms with Gasteiger partial charge < -0.3 is 16.0 Å². The van der Waals surface area contributed by atoms with Crippen LogP contribution in [0.15, 0.2) is 42.5 Å². The summed E-state index contributed by atoms with van der Waals surface area (Å²) in [6.07, 6.45) is 0. The third-order valence-corrected chi connectivity index (χ3v) is 3.01. The van der Waals surface area contributed by atoms with Gasteiger partial charge in [0, 0.05) is 18.3 Å². The normalized spacial score (nSPS) is 9.71. The van der Waals surface area contributed by atoms with Crippen molar-refractivity contribution in [3.05, 3.63) is 53.8 Å². The molecule has 0 bridgehead atoms. The molecule has 0 aromatic heterocycles. The standard InChI is InChI=1S/C17H15FN4O2/c1-11(23)21-16-8-13(5-6-15(16)18)20-10-17(24)22-14-4-2-3-12(7-14)9-19/h2-8,20H,10H2,1H3,(H,21,23)(H,22,24). The van der Waals surface area contributed by atoms with Crippen LogP contribution in [0.4, 0.5) is 21.5 Å². The molecular formula is C17H15FN4O2. The van der Waals surface area contributed by atoms with E-state index in [1.54, 1.807) is 24.3 Å². The first-order valence-corrected chi connectivity index (χ1v) is 7.09. The smallest absolute Gasteiger partial charge is 0.243 e. The zero-order chi connectivity index (χ0) is 17.5. The molecule has 2 aromatic carbocycles. The Kier molecular flexibility index (Phi) is 5.47. The van der Waals surface area contributed by atoms with Crippen molar-refractivity contribution < 1.29 is 14.0 Å². The number of halogens is 1. The number of nitriles is 1. The maximum atomic E-state index is 13.5. The van der Waals surface area contributed by atoms with Gasteiger partial charge in [0.05, 0.1) is 23.9 Å². The van der Waals surface area contributed by atoms with E-state index >= 15 is 0 Å². The van der Waals surface area contributed by atoms with Gasteiger partial charge in [-0.15, -0.1) is 0 Å². The lowest BCUT2D eigenvalue weighted by atomic mass is 10.2. The quantitative estimate of drug-likeness (QED) is 0.787. The van der Waals surface area contributed by atoms with Crippen LogP contribution in [0.1, 0.15) is 12.5 Å². The summed E-state index contributed by atoms with van der Waals surface area (Å²) < 4.78 is 13.5. The van der Waals surface area contributed by atoms with E-state index in [0.717, 1.165) is 0 Å². The molecule has 0 spiro atoms. The van der Waals surface area contributed by atoms with E-state index in [-0.39, 0.29) is 24.0 Å². The van der Waals surface area contributed by atoms with Crippen LogP contribution in [0.25, 0.3) is 0 Å². The molecule has 0 unspecified atom stereocenters. The fourth-order valence-corrected chi connectivity index (χ4v) is 1.97. The monoisotopic (exact) mass is 326 g/mol. The predicted octanol–water partition coefficient (Wildman–Crippen LogP) is 2.71. The number of benzene rings is 2. The topological polar surface area (TPSA) is 94.0 Å². The molecule has 0 saturated heterocycles. The fourth-order valence-electron chi connectivity index (χ4n) is 1.97. The van der Waals surface area contributed by atoms with Gasteiger partial charge in [-0.3, -0.25) is 9.59 Å². The van der Waals surface area contributed by atoms with Gasteiger partial charge in [0.25, 0.3) is 0 Å². The summed E-state index contributed by atoms with van der Waals surface area (Å²) in [5.41, 5.74) is 1.48. The molecule has 0 aliphatic heterocycles. The van der Waals surface area contributed by atoms with Crippen LogP contribution in [0.3, 0.4) is 0 Å². The highest BCUT2D eigenvalue weighted by Crippen LogP contribution is 2.19. The zero-order valence-electron chi connectivity index (χ0n) is 12.9. The number of nitrogens with zero attached hydrogens (tertiary/aromatic N) is 1. The predicted molar refractivity (Wildman–Crippen MR) is 89.0 cm³/mol. The first-order chi connectivity index (χ1) is 11.5. The van der Waals surface area contributed by atoms with Gasteiger partial charge in [-0.1, -0.05) is 6.07 Å². The molecule has 0 heterocycles. The van der Waals surface area contributed by atoms with E-state index in [0.29, 0.717) is 16.9 Å². The molecule has 2 amide bonds. The van der Waals surface area contributed by atoms with Crippen LogP contribution >= 0.6 is 0 Å². The minimum atomic E-state index is -0.562. The molecule has 7 heteroatoms. The van der Waals surface area contributed by atoms with Gasteiger partial charge in [-0.2, -0.15) is 5.26 Å². The molecule has 3 N–H and O–H groups in total. The van der Waals surface area contributed by atoms with E-state index in [1.807, 2.05) is 6.07 Å². The van der Waals surface area contributed by atoms with Gasteiger partial charge in [-0.25, -0.2) is 4.39 Å². The van der Waals surface area contributed by atoms with Crippen LogP contribution in [-0.4, -0.2) is 18.4 Å². The van der Waals surface area contributed by atoms with Crippen molar-refractivity contribution in [2.45, 2.75) is 6.92 Å². The second kappa shape index (κ2) is 7.74. The van der Waals surface area contributed by atoms with Crippen molar-refractivity contribution >= 4 is 28.9 Å². The molecule has 24 heavy (non-hydrogen) atoms. The van der Waals surface area contributed by atoms with Gasteiger partial charge in [0.15, 0.2) is 0 Å². The van der Waals surface area contributed by atoms with E-state index in [4.69, 9.17) is 5.26 Å². The lowest BCUT2D eigenvalue weighted by Crippen LogP contribution is -2.21. The Labute approximate surface area is 138 Å². The molecule has 122 valence electrons. The summed E-state index contributed by atoms with van der Waals surface area (Å²) in [7, 11) is 0. The number of carbonyl (C=O) groups excluding carboxylic acids is 2. The van der Waals surface area contributed by atoms with Gasteiger partial charge in [0.2, 0.25) is 11.8 Å².